The second-order valence-electron chi connectivity index (χ2n) is 7.30. The molecule has 26 heavy (non-hydrogen) atoms. The van der Waals surface area contributed by atoms with Crippen molar-refractivity contribution in [2.24, 2.45) is 5.92 Å². The zero-order valence-corrected chi connectivity index (χ0v) is 15.1. The quantitative estimate of drug-likeness (QED) is 0.732. The van der Waals surface area contributed by atoms with Crippen LogP contribution in [0.15, 0.2) is 48.5 Å². The minimum Gasteiger partial charge on any atom is -0.340 e. The average molecular weight is 366 g/mol. The minimum atomic E-state index is 0.0554. The van der Waals surface area contributed by atoms with Crippen LogP contribution in [0.5, 0.6) is 0 Å². The summed E-state index contributed by atoms with van der Waals surface area (Å²) in [5.74, 6) is 1.47. The molecule has 1 aliphatic heterocycles. The van der Waals surface area contributed by atoms with Gasteiger partial charge in [-0.1, -0.05) is 41.9 Å². The van der Waals surface area contributed by atoms with Gasteiger partial charge in [-0.25, -0.2) is 4.98 Å². The number of hydrogen-bond acceptors (Lipinski definition) is 2. The van der Waals surface area contributed by atoms with E-state index in [0.717, 1.165) is 53.3 Å². The molecule has 1 aliphatic carbocycles. The zero-order chi connectivity index (χ0) is 17.7. The van der Waals surface area contributed by atoms with Crippen molar-refractivity contribution in [3.8, 4) is 0 Å². The van der Waals surface area contributed by atoms with E-state index in [4.69, 9.17) is 16.6 Å². The molecule has 4 nitrogen and oxygen atoms in total. The molecule has 0 radical (unpaired) electrons. The highest BCUT2D eigenvalue weighted by molar-refractivity contribution is 6.31. The van der Waals surface area contributed by atoms with Crippen molar-refractivity contribution in [2.75, 3.05) is 6.54 Å². The highest BCUT2D eigenvalue weighted by atomic mass is 35.5. The molecule has 1 saturated heterocycles. The first kappa shape index (κ1) is 15.9. The van der Waals surface area contributed by atoms with Gasteiger partial charge in [-0.3, -0.25) is 4.79 Å². The van der Waals surface area contributed by atoms with Gasteiger partial charge in [-0.05, 0) is 48.9 Å². The first-order valence-corrected chi connectivity index (χ1v) is 9.60. The van der Waals surface area contributed by atoms with Crippen LogP contribution in [0.2, 0.25) is 5.02 Å². The third-order valence-electron chi connectivity index (χ3n) is 5.67. The van der Waals surface area contributed by atoms with Gasteiger partial charge in [0.05, 0.1) is 17.1 Å². The number of carbonyl (C=O) groups is 1. The van der Waals surface area contributed by atoms with E-state index in [0.29, 0.717) is 0 Å². The lowest BCUT2D eigenvalue weighted by atomic mass is 10.1. The van der Waals surface area contributed by atoms with Crippen molar-refractivity contribution < 1.29 is 4.79 Å². The summed E-state index contributed by atoms with van der Waals surface area (Å²) in [5.41, 5.74) is 3.09. The minimum absolute atomic E-state index is 0.0554. The van der Waals surface area contributed by atoms with E-state index in [1.54, 1.807) is 0 Å². The molecule has 0 bridgehead atoms. The van der Waals surface area contributed by atoms with Crippen molar-refractivity contribution in [2.45, 2.75) is 31.2 Å². The zero-order valence-electron chi connectivity index (χ0n) is 14.4. The van der Waals surface area contributed by atoms with Crippen LogP contribution in [0, 0.1) is 5.92 Å². The van der Waals surface area contributed by atoms with Crippen LogP contribution < -0.4 is 0 Å². The number of benzene rings is 2. The van der Waals surface area contributed by atoms with E-state index in [2.05, 4.69) is 4.98 Å². The van der Waals surface area contributed by atoms with E-state index in [-0.39, 0.29) is 23.8 Å². The number of aromatic amines is 1. The lowest BCUT2D eigenvalue weighted by Crippen LogP contribution is -2.32. The lowest BCUT2D eigenvalue weighted by molar-refractivity contribution is -0.133. The topological polar surface area (TPSA) is 49.0 Å². The Morgan fingerprint density at radius 2 is 1.96 bits per heavy atom. The second kappa shape index (κ2) is 6.13. The highest BCUT2D eigenvalue weighted by Crippen LogP contribution is 2.51. The molecule has 2 aliphatic rings. The van der Waals surface area contributed by atoms with E-state index in [1.807, 2.05) is 53.4 Å². The van der Waals surface area contributed by atoms with Gasteiger partial charge in [0, 0.05) is 17.5 Å². The Labute approximate surface area is 157 Å². The van der Waals surface area contributed by atoms with Gasteiger partial charge in [0.1, 0.15) is 5.82 Å². The Balaban J connectivity index is 1.38. The number of para-hydroxylation sites is 2. The number of imidazole rings is 1. The number of amides is 1. The van der Waals surface area contributed by atoms with Gasteiger partial charge in [-0.2, -0.15) is 0 Å². The molecule has 1 N–H and O–H groups in total. The van der Waals surface area contributed by atoms with Crippen LogP contribution >= 0.6 is 11.6 Å². The lowest BCUT2D eigenvalue weighted by Gasteiger charge is -2.23. The molecule has 1 saturated carbocycles. The van der Waals surface area contributed by atoms with Crippen molar-refractivity contribution >= 4 is 28.5 Å². The number of H-pyrrole nitrogens is 1. The monoisotopic (exact) mass is 365 g/mol. The number of likely N-dealkylation sites (tertiary alicyclic amines) is 1. The Kier molecular flexibility index (Phi) is 3.75. The number of carbonyl (C=O) groups excluding carboxylic acids is 1. The molecule has 3 atom stereocenters. The van der Waals surface area contributed by atoms with Crippen molar-refractivity contribution in [3.63, 3.8) is 0 Å². The Morgan fingerprint density at radius 3 is 2.81 bits per heavy atom. The van der Waals surface area contributed by atoms with E-state index >= 15 is 0 Å². The fraction of sp³-hybridized carbons (Fsp3) is 0.333. The summed E-state index contributed by atoms with van der Waals surface area (Å²) in [5, 5.41) is 0.767. The highest BCUT2D eigenvalue weighted by Gasteiger charge is 2.48. The van der Waals surface area contributed by atoms with Gasteiger partial charge in [-0.15, -0.1) is 0 Å². The largest absolute Gasteiger partial charge is 0.340 e. The summed E-state index contributed by atoms with van der Waals surface area (Å²) >= 11 is 6.32. The third-order valence-corrected chi connectivity index (χ3v) is 6.02. The van der Waals surface area contributed by atoms with Crippen LogP contribution in [0.25, 0.3) is 11.0 Å². The van der Waals surface area contributed by atoms with Crippen LogP contribution in [-0.2, 0) is 4.79 Å². The molecule has 0 spiro atoms. The van der Waals surface area contributed by atoms with Gasteiger partial charge in [0.2, 0.25) is 5.91 Å². The molecule has 1 amide bonds. The summed E-state index contributed by atoms with van der Waals surface area (Å²) in [4.78, 5) is 23.3. The molecule has 1 aromatic heterocycles. The van der Waals surface area contributed by atoms with Crippen LogP contribution in [-0.4, -0.2) is 27.3 Å². The van der Waals surface area contributed by atoms with Gasteiger partial charge < -0.3 is 9.88 Å². The molecule has 3 aromatic rings. The number of fused-ring (bicyclic) bond motifs is 1. The summed E-state index contributed by atoms with van der Waals surface area (Å²) in [6, 6.07) is 16.0. The molecular formula is C21H20ClN3O. The predicted molar refractivity (Wildman–Crippen MR) is 102 cm³/mol. The molecular weight excluding hydrogens is 346 g/mol. The standard InChI is InChI=1S/C21H20ClN3O/c22-16-7-2-1-6-13(16)14-12-15(14)21(26)25-11-5-10-19(25)20-23-17-8-3-4-9-18(17)24-20/h1-4,6-9,14-15,19H,5,10-12H2,(H,23,24). The van der Waals surface area contributed by atoms with Crippen LogP contribution in [0.3, 0.4) is 0 Å². The van der Waals surface area contributed by atoms with Crippen molar-refractivity contribution in [1.82, 2.24) is 14.9 Å². The van der Waals surface area contributed by atoms with E-state index in [1.165, 1.54) is 0 Å². The molecule has 3 unspecified atom stereocenters. The van der Waals surface area contributed by atoms with E-state index in [9.17, 15) is 4.79 Å². The first-order chi connectivity index (χ1) is 12.7. The van der Waals surface area contributed by atoms with Gasteiger partial charge >= 0.3 is 0 Å². The van der Waals surface area contributed by atoms with E-state index < -0.39 is 0 Å². The number of halogens is 1. The second-order valence-corrected chi connectivity index (χ2v) is 7.71. The summed E-state index contributed by atoms with van der Waals surface area (Å²) in [6.07, 6.45) is 2.89. The number of hydrogen-bond donors (Lipinski definition) is 1. The molecule has 2 heterocycles. The fourth-order valence-electron chi connectivity index (χ4n) is 4.25. The Bertz CT molecular complexity index is 949. The summed E-state index contributed by atoms with van der Waals surface area (Å²) in [6.45, 7) is 0.812. The third kappa shape index (κ3) is 2.60. The van der Waals surface area contributed by atoms with Crippen molar-refractivity contribution in [3.05, 3.63) is 64.9 Å². The summed E-state index contributed by atoms with van der Waals surface area (Å²) < 4.78 is 0. The molecule has 2 fully saturated rings. The first-order valence-electron chi connectivity index (χ1n) is 9.22. The maximum absolute atomic E-state index is 13.1. The fourth-order valence-corrected chi connectivity index (χ4v) is 4.52. The average Bonchev–Trinajstić information content (AvgIpc) is 3.10. The van der Waals surface area contributed by atoms with Crippen LogP contribution in [0.4, 0.5) is 0 Å². The molecule has 5 heteroatoms. The normalized spacial score (nSPS) is 25.0. The number of rotatable bonds is 3. The molecule has 132 valence electrons. The van der Waals surface area contributed by atoms with Gasteiger partial charge in [0.25, 0.3) is 0 Å². The summed E-state index contributed by atoms with van der Waals surface area (Å²) in [7, 11) is 0. The maximum atomic E-state index is 13.1. The predicted octanol–water partition coefficient (Wildman–Crippen LogP) is 4.68. The SMILES string of the molecule is O=C(C1CC1c1ccccc1Cl)N1CCCC1c1nc2ccccc2[nH]1. The van der Waals surface area contributed by atoms with Crippen LogP contribution in [0.1, 0.15) is 42.6 Å². The number of nitrogens with zero attached hydrogens (tertiary/aromatic N) is 2. The number of aromatic nitrogens is 2. The Hall–Kier alpha value is -2.33. The van der Waals surface area contributed by atoms with Crippen molar-refractivity contribution in [1.29, 1.82) is 0 Å². The Morgan fingerprint density at radius 1 is 1.15 bits per heavy atom. The molecule has 5 rings (SSSR count). The molecule has 2 aromatic carbocycles. The smallest absolute Gasteiger partial charge is 0.226 e. The maximum Gasteiger partial charge on any atom is 0.226 e. The number of nitrogens with one attached hydrogen (secondary N) is 1. The van der Waals surface area contributed by atoms with Gasteiger partial charge in [0.15, 0.2) is 0 Å².